The van der Waals surface area contributed by atoms with Crippen LogP contribution in [0.4, 0.5) is 14.9 Å². The van der Waals surface area contributed by atoms with Gasteiger partial charge >= 0.3 is 6.03 Å². The maximum absolute atomic E-state index is 12.7. The number of carbonyl (C=O) groups is 1. The van der Waals surface area contributed by atoms with E-state index in [9.17, 15) is 9.18 Å². The molecule has 0 saturated carbocycles. The first kappa shape index (κ1) is 14.8. The number of nitrogens with one attached hydrogen (secondary N) is 2. The van der Waals surface area contributed by atoms with Crippen molar-refractivity contribution in [3.8, 4) is 0 Å². The minimum absolute atomic E-state index is 0.284. The number of urea groups is 1. The molecule has 2 N–H and O–H groups in total. The Morgan fingerprint density at radius 2 is 1.76 bits per heavy atom. The molecule has 2 rings (SSSR count). The van der Waals surface area contributed by atoms with Crippen LogP contribution < -0.4 is 10.6 Å². The van der Waals surface area contributed by atoms with E-state index in [1.54, 1.807) is 18.2 Å². The molecular formula is C17H17FN2O. The first-order valence-corrected chi connectivity index (χ1v) is 6.76. The van der Waals surface area contributed by atoms with Crippen LogP contribution in [0, 0.1) is 5.82 Å². The summed E-state index contributed by atoms with van der Waals surface area (Å²) in [5, 5.41) is 5.33. The molecule has 0 heterocycles. The zero-order valence-corrected chi connectivity index (χ0v) is 11.8. The van der Waals surface area contributed by atoms with Gasteiger partial charge in [0.25, 0.3) is 0 Å². The number of anilines is 1. The summed E-state index contributed by atoms with van der Waals surface area (Å²) in [7, 11) is 0. The molecule has 0 saturated heterocycles. The van der Waals surface area contributed by atoms with Crippen LogP contribution in [0.1, 0.15) is 18.1 Å². The summed E-state index contributed by atoms with van der Waals surface area (Å²) in [6.07, 6.45) is 4.18. The largest absolute Gasteiger partial charge is 0.323 e. The van der Waals surface area contributed by atoms with Crippen LogP contribution in [-0.4, -0.2) is 6.03 Å². The fourth-order valence-corrected chi connectivity index (χ4v) is 1.78. The summed E-state index contributed by atoms with van der Waals surface area (Å²) in [4.78, 5) is 11.7. The van der Waals surface area contributed by atoms with Crippen molar-refractivity contribution < 1.29 is 9.18 Å². The highest BCUT2D eigenvalue weighted by Gasteiger charge is 1.98. The van der Waals surface area contributed by atoms with E-state index in [1.165, 1.54) is 23.9 Å². The lowest BCUT2D eigenvalue weighted by atomic mass is 10.1. The van der Waals surface area contributed by atoms with Crippen molar-refractivity contribution in [2.24, 2.45) is 0 Å². The fourth-order valence-electron chi connectivity index (χ4n) is 1.78. The van der Waals surface area contributed by atoms with Gasteiger partial charge in [0.05, 0.1) is 0 Å². The average Bonchev–Trinajstić information content (AvgIpc) is 2.50. The Balaban J connectivity index is 1.85. The van der Waals surface area contributed by atoms with E-state index in [2.05, 4.69) is 17.6 Å². The predicted molar refractivity (Wildman–Crippen MR) is 83.4 cm³/mol. The lowest BCUT2D eigenvalue weighted by molar-refractivity contribution is 0.255. The number of aryl methyl sites for hydroxylation is 1. The van der Waals surface area contributed by atoms with Crippen molar-refractivity contribution in [2.75, 3.05) is 5.32 Å². The molecular weight excluding hydrogens is 267 g/mol. The standard InChI is InChI=1S/C17H17FN2O/c1-2-13-5-9-16(10-6-13)20-17(21)19-12-11-14-3-7-15(18)8-4-14/h3-12H,2H2,1H3,(H2,19,20,21)/b12-11+. The third kappa shape index (κ3) is 4.76. The highest BCUT2D eigenvalue weighted by molar-refractivity contribution is 5.90. The molecule has 0 aliphatic heterocycles. The summed E-state index contributed by atoms with van der Waals surface area (Å²) >= 11 is 0. The lowest BCUT2D eigenvalue weighted by Crippen LogP contribution is -2.23. The Hall–Kier alpha value is -2.62. The van der Waals surface area contributed by atoms with E-state index in [0.717, 1.165) is 17.7 Å². The number of benzene rings is 2. The van der Waals surface area contributed by atoms with E-state index in [0.29, 0.717) is 0 Å². The Morgan fingerprint density at radius 1 is 1.10 bits per heavy atom. The molecule has 0 spiro atoms. The molecule has 2 aromatic rings. The molecule has 0 aromatic heterocycles. The number of halogens is 1. The molecule has 108 valence electrons. The second-order valence-electron chi connectivity index (χ2n) is 4.53. The summed E-state index contributed by atoms with van der Waals surface area (Å²) in [5.74, 6) is -0.284. The van der Waals surface area contributed by atoms with Gasteiger partial charge in [-0.25, -0.2) is 9.18 Å². The van der Waals surface area contributed by atoms with Gasteiger partial charge in [-0.2, -0.15) is 0 Å². The molecule has 0 atom stereocenters. The third-order valence-electron chi connectivity index (χ3n) is 2.98. The third-order valence-corrected chi connectivity index (χ3v) is 2.98. The SMILES string of the molecule is CCc1ccc(NC(=O)N/C=C/c2ccc(F)cc2)cc1. The fraction of sp³-hybridized carbons (Fsp3) is 0.118. The molecule has 4 heteroatoms. The molecule has 0 aliphatic rings. The summed E-state index contributed by atoms with van der Waals surface area (Å²) in [6, 6.07) is 13.4. The van der Waals surface area contributed by atoms with Crippen molar-refractivity contribution in [1.29, 1.82) is 0 Å². The van der Waals surface area contributed by atoms with Gasteiger partial charge in [0.15, 0.2) is 0 Å². The maximum Gasteiger partial charge on any atom is 0.323 e. The second kappa shape index (κ2) is 7.24. The Kier molecular flexibility index (Phi) is 5.10. The molecule has 3 nitrogen and oxygen atoms in total. The van der Waals surface area contributed by atoms with Gasteiger partial charge < -0.3 is 10.6 Å². The van der Waals surface area contributed by atoms with Crippen molar-refractivity contribution in [3.63, 3.8) is 0 Å². The Morgan fingerprint density at radius 3 is 2.38 bits per heavy atom. The maximum atomic E-state index is 12.7. The van der Waals surface area contributed by atoms with Crippen LogP contribution in [0.15, 0.2) is 54.7 Å². The molecule has 0 bridgehead atoms. The molecule has 21 heavy (non-hydrogen) atoms. The van der Waals surface area contributed by atoms with Crippen molar-refractivity contribution >= 4 is 17.8 Å². The quantitative estimate of drug-likeness (QED) is 0.868. The average molecular weight is 284 g/mol. The summed E-state index contributed by atoms with van der Waals surface area (Å²) in [5.41, 5.74) is 2.76. The van der Waals surface area contributed by atoms with Gasteiger partial charge in [-0.15, -0.1) is 0 Å². The smallest absolute Gasteiger partial charge is 0.314 e. The Labute approximate surface area is 123 Å². The van der Waals surface area contributed by atoms with Gasteiger partial charge in [-0.3, -0.25) is 0 Å². The topological polar surface area (TPSA) is 41.1 Å². The van der Waals surface area contributed by atoms with E-state index < -0.39 is 0 Å². The van der Waals surface area contributed by atoms with Crippen molar-refractivity contribution in [1.82, 2.24) is 5.32 Å². The van der Waals surface area contributed by atoms with Crippen LogP contribution >= 0.6 is 0 Å². The van der Waals surface area contributed by atoms with Crippen molar-refractivity contribution in [2.45, 2.75) is 13.3 Å². The molecule has 2 amide bonds. The minimum Gasteiger partial charge on any atom is -0.314 e. The highest BCUT2D eigenvalue weighted by Crippen LogP contribution is 2.09. The van der Waals surface area contributed by atoms with Crippen LogP contribution in [0.25, 0.3) is 6.08 Å². The van der Waals surface area contributed by atoms with Crippen LogP contribution in [0.3, 0.4) is 0 Å². The lowest BCUT2D eigenvalue weighted by Gasteiger charge is -2.05. The monoisotopic (exact) mass is 284 g/mol. The van der Waals surface area contributed by atoms with E-state index in [4.69, 9.17) is 0 Å². The summed E-state index contributed by atoms with van der Waals surface area (Å²) < 4.78 is 12.7. The number of hydrogen-bond donors (Lipinski definition) is 2. The first-order chi connectivity index (χ1) is 10.2. The van der Waals surface area contributed by atoms with Crippen LogP contribution in [-0.2, 0) is 6.42 Å². The first-order valence-electron chi connectivity index (χ1n) is 6.76. The van der Waals surface area contributed by atoms with Gasteiger partial charge in [-0.05, 0) is 47.9 Å². The van der Waals surface area contributed by atoms with E-state index in [-0.39, 0.29) is 11.8 Å². The number of hydrogen-bond acceptors (Lipinski definition) is 1. The van der Waals surface area contributed by atoms with Crippen molar-refractivity contribution in [3.05, 3.63) is 71.7 Å². The second-order valence-corrected chi connectivity index (χ2v) is 4.53. The Bertz CT molecular complexity index is 618. The number of carbonyl (C=O) groups excluding carboxylic acids is 1. The minimum atomic E-state index is -0.322. The van der Waals surface area contributed by atoms with Gasteiger partial charge in [0, 0.05) is 11.9 Å². The molecule has 0 fully saturated rings. The predicted octanol–water partition coefficient (Wildman–Crippen LogP) is 4.18. The highest BCUT2D eigenvalue weighted by atomic mass is 19.1. The molecule has 2 aromatic carbocycles. The van der Waals surface area contributed by atoms with Gasteiger partial charge in [0.1, 0.15) is 5.82 Å². The summed E-state index contributed by atoms with van der Waals surface area (Å²) in [6.45, 7) is 2.08. The van der Waals surface area contributed by atoms with Gasteiger partial charge in [0.2, 0.25) is 0 Å². The van der Waals surface area contributed by atoms with Crippen LogP contribution in [0.5, 0.6) is 0 Å². The normalized spacial score (nSPS) is 10.6. The number of rotatable bonds is 4. The molecule has 0 unspecified atom stereocenters. The zero-order valence-electron chi connectivity index (χ0n) is 11.8. The van der Waals surface area contributed by atoms with E-state index in [1.807, 2.05) is 24.3 Å². The van der Waals surface area contributed by atoms with Crippen LogP contribution in [0.2, 0.25) is 0 Å². The van der Waals surface area contributed by atoms with Gasteiger partial charge in [-0.1, -0.05) is 31.2 Å². The van der Waals surface area contributed by atoms with E-state index >= 15 is 0 Å². The zero-order chi connectivity index (χ0) is 15.1. The molecule has 0 radical (unpaired) electrons. The number of amides is 2. The molecule has 0 aliphatic carbocycles.